The van der Waals surface area contributed by atoms with Gasteiger partial charge in [-0.25, -0.2) is 0 Å². The Morgan fingerprint density at radius 3 is 1.01 bits per heavy atom. The van der Waals surface area contributed by atoms with Crippen molar-refractivity contribution in [1.82, 2.24) is 0 Å². The van der Waals surface area contributed by atoms with Crippen molar-refractivity contribution in [1.29, 1.82) is 0 Å². The van der Waals surface area contributed by atoms with Crippen molar-refractivity contribution in [2.45, 2.75) is 57.1 Å². The van der Waals surface area contributed by atoms with Crippen LogP contribution in [0.3, 0.4) is 0 Å². The number of hydrogen-bond donors (Lipinski definition) is 0. The van der Waals surface area contributed by atoms with E-state index in [9.17, 15) is 0 Å². The molecule has 6 heterocycles. The van der Waals surface area contributed by atoms with E-state index in [0.29, 0.717) is 0 Å². The summed E-state index contributed by atoms with van der Waals surface area (Å²) in [6, 6.07) is 151. The van der Waals surface area contributed by atoms with Gasteiger partial charge in [0.1, 0.15) is 0 Å². The third-order valence-electron chi connectivity index (χ3n) is 24.6. The molecule has 0 aliphatic carbocycles. The number of aryl methyl sites for hydroxylation is 4. The van der Waals surface area contributed by atoms with E-state index in [1.807, 2.05) is 35.3 Å². The van der Waals surface area contributed by atoms with Crippen LogP contribution in [0, 0.1) is 27.7 Å². The molecule has 6 aliphatic rings. The Bertz CT molecular complexity index is 6960. The zero-order valence-electron chi connectivity index (χ0n) is 67.5. The maximum Gasteiger partial charge on any atom is 0.249 e. The van der Waals surface area contributed by atoms with Crippen molar-refractivity contribution in [2.24, 2.45) is 0 Å². The normalized spacial score (nSPS) is 12.9. The Labute approximate surface area is 722 Å². The molecule has 11 heteroatoms. The first-order valence-corrected chi connectivity index (χ1v) is 44.1. The van der Waals surface area contributed by atoms with Gasteiger partial charge in [-0.2, -0.15) is 0 Å². The largest absolute Gasteiger partial charge is 0.311 e. The molecule has 18 aromatic carbocycles. The first kappa shape index (κ1) is 73.8. The Hall–Kier alpha value is -13.5. The molecule has 121 heavy (non-hydrogen) atoms. The van der Waals surface area contributed by atoms with Gasteiger partial charge in [0.05, 0.1) is 0 Å². The van der Waals surface area contributed by atoms with E-state index < -0.39 is 0 Å². The topological polar surface area (TPSA) is 16.2 Å². The van der Waals surface area contributed by atoms with Gasteiger partial charge in [-0.3, -0.25) is 0 Å². The Balaban J connectivity index is 0.000000109. The molecule has 0 N–H and O–H groups in total. The van der Waals surface area contributed by atoms with Crippen molar-refractivity contribution >= 4 is 201 Å². The molecule has 6 aliphatic heterocycles. The summed E-state index contributed by atoms with van der Waals surface area (Å²) in [4.78, 5) is 20.0. The van der Waals surface area contributed by atoms with Crippen LogP contribution in [0.4, 0.5) is 85.3 Å². The van der Waals surface area contributed by atoms with E-state index in [4.69, 9.17) is 0 Å². The number of fused-ring (bicyclic) bond motifs is 13. The maximum absolute atomic E-state index is 2.46. The van der Waals surface area contributed by atoms with Crippen LogP contribution in [-0.4, -0.2) is 20.1 Å². The summed E-state index contributed by atoms with van der Waals surface area (Å²) in [6.45, 7) is 9.30. The molecule has 0 spiro atoms. The summed E-state index contributed by atoms with van der Waals surface area (Å²) in [5.41, 5.74) is 38.3. The SMILES string of the molecule is Cc1ccc(N2c3ccc(C)cc3B3c4ccc(-c5cccc6ccccc56)cc4Sc4cccc2c43)cc1.Cc1ccc(N2c3ccc(C)cc3B3c4ccc(N(c5ccccc5)c5ccccc5)cc4Sc4cccc2c43)cc1.c1ccc(N(c2ccccc2)c2ccc3c(c2)Sc2cccc4c2B3c2ccccc2N4c2ccccc2)cc1. The highest BCUT2D eigenvalue weighted by atomic mass is 32.2. The van der Waals surface area contributed by atoms with Crippen molar-refractivity contribution in [3.05, 3.63) is 435 Å². The predicted octanol–water partition coefficient (Wildman–Crippen LogP) is 24.3. The number of rotatable bonds is 10. The second-order valence-corrected chi connectivity index (χ2v) is 35.4. The number of benzene rings is 18. The quantitative estimate of drug-likeness (QED) is 0.124. The van der Waals surface area contributed by atoms with Gasteiger partial charge in [0.15, 0.2) is 0 Å². The fourth-order valence-electron chi connectivity index (χ4n) is 19.1. The lowest BCUT2D eigenvalue weighted by molar-refractivity contribution is 1.25. The molecule has 572 valence electrons. The summed E-state index contributed by atoms with van der Waals surface area (Å²) in [6.07, 6.45) is 0. The first-order valence-electron chi connectivity index (χ1n) is 41.7. The number of nitrogens with zero attached hydrogens (tertiary/aromatic N) is 5. The molecule has 0 fully saturated rings. The van der Waals surface area contributed by atoms with Gasteiger partial charge in [-0.15, -0.1) is 0 Å². The zero-order valence-corrected chi connectivity index (χ0v) is 69.9. The molecule has 0 radical (unpaired) electrons. The molecule has 0 amide bonds. The van der Waals surface area contributed by atoms with Crippen LogP contribution in [0.15, 0.2) is 442 Å². The van der Waals surface area contributed by atoms with Crippen molar-refractivity contribution < 1.29 is 0 Å². The van der Waals surface area contributed by atoms with Gasteiger partial charge in [0.2, 0.25) is 20.1 Å². The third kappa shape index (κ3) is 13.1. The van der Waals surface area contributed by atoms with E-state index >= 15 is 0 Å². The van der Waals surface area contributed by atoms with Crippen LogP contribution in [0.1, 0.15) is 22.3 Å². The van der Waals surface area contributed by atoms with Gasteiger partial charge in [-0.1, -0.05) is 317 Å². The van der Waals surface area contributed by atoms with Crippen LogP contribution in [0.2, 0.25) is 0 Å². The highest BCUT2D eigenvalue weighted by molar-refractivity contribution is 8.00. The third-order valence-corrected chi connectivity index (χ3v) is 28.0. The number of para-hydroxylation sites is 6. The summed E-state index contributed by atoms with van der Waals surface area (Å²) in [5, 5.41) is 2.58. The van der Waals surface area contributed by atoms with Crippen molar-refractivity contribution in [2.75, 3.05) is 24.5 Å². The summed E-state index contributed by atoms with van der Waals surface area (Å²) in [7, 11) is 0. The minimum Gasteiger partial charge on any atom is -0.311 e. The number of hydrogen-bond acceptors (Lipinski definition) is 8. The van der Waals surface area contributed by atoms with E-state index in [1.54, 1.807) is 0 Å². The second kappa shape index (κ2) is 31.0. The van der Waals surface area contributed by atoms with Gasteiger partial charge in [0.25, 0.3) is 0 Å². The fourth-order valence-corrected chi connectivity index (χ4v) is 22.7. The second-order valence-electron chi connectivity index (χ2n) is 32.1. The smallest absolute Gasteiger partial charge is 0.249 e. The van der Waals surface area contributed by atoms with Crippen molar-refractivity contribution in [3.63, 3.8) is 0 Å². The van der Waals surface area contributed by atoms with E-state index in [1.165, 1.54) is 185 Å². The van der Waals surface area contributed by atoms with Gasteiger partial charge in [-0.05, 0) is 252 Å². The van der Waals surface area contributed by atoms with Crippen molar-refractivity contribution in [3.8, 4) is 11.1 Å². The fraction of sp³-hybridized carbons (Fsp3) is 0.0364. The number of anilines is 15. The average Bonchev–Trinajstić information content (AvgIpc) is 0.729. The summed E-state index contributed by atoms with van der Waals surface area (Å²) < 4.78 is 0. The highest BCUT2D eigenvalue weighted by Gasteiger charge is 2.45. The highest BCUT2D eigenvalue weighted by Crippen LogP contribution is 2.49. The zero-order chi connectivity index (χ0) is 80.8. The lowest BCUT2D eigenvalue weighted by atomic mass is 9.34. The monoisotopic (exact) mass is 1600 g/mol. The molecular weight excluding hydrogens is 1520 g/mol. The van der Waals surface area contributed by atoms with Crippen LogP contribution >= 0.6 is 35.3 Å². The van der Waals surface area contributed by atoms with Crippen LogP contribution in [-0.2, 0) is 0 Å². The molecule has 5 nitrogen and oxygen atoms in total. The maximum atomic E-state index is 2.46. The van der Waals surface area contributed by atoms with E-state index in [0.717, 1.165) is 22.7 Å². The molecule has 0 bridgehead atoms. The lowest BCUT2D eigenvalue weighted by Crippen LogP contribution is -2.59. The summed E-state index contributed by atoms with van der Waals surface area (Å²) in [5.74, 6) is 0. The Morgan fingerprint density at radius 2 is 0.554 bits per heavy atom. The standard InChI is InChI=1S/C38H29BN2S.C36H25BN2S.C36H26BNS/c1-26-16-19-30(20-17-26)41-34-23-18-27(2)24-33(34)39-32-22-21-31(25-37(32)42-36-15-9-14-35(41)38(36)39)40(28-10-5-3-6-11-28)29-12-7-4-8-13-29;1-4-13-26(14-5-1)38(27-15-6-2-7-16-27)29-23-24-31-35(25-29)40-34-22-12-21-33-36(34)37(31)30-19-10-11-20-32(30)39(33)28-17-8-3-9-18-28;1-23-13-17-27(18-14-23)38-32-20-15-24(2)21-31(32)37-30-19-16-26(29-10-5-8-25-7-3-4-9-28(25)29)22-35(30)39-34-12-6-11-33(38)36(34)37/h3-25H,1-2H3;1-25H;3-22H,1-2H3. The molecular formula is C110H80B3N5S3. The van der Waals surface area contributed by atoms with Crippen LogP contribution in [0.25, 0.3) is 21.9 Å². The minimum absolute atomic E-state index is 0.181. The van der Waals surface area contributed by atoms with E-state index in [-0.39, 0.29) is 20.1 Å². The molecule has 0 saturated heterocycles. The molecule has 0 saturated carbocycles. The lowest BCUT2D eigenvalue weighted by Gasteiger charge is -2.40. The van der Waals surface area contributed by atoms with Gasteiger partial charge >= 0.3 is 0 Å². The van der Waals surface area contributed by atoms with Gasteiger partial charge in [0, 0.05) is 115 Å². The van der Waals surface area contributed by atoms with Crippen LogP contribution < -0.4 is 73.7 Å². The predicted molar refractivity (Wildman–Crippen MR) is 520 cm³/mol. The van der Waals surface area contributed by atoms with Crippen LogP contribution in [0.5, 0.6) is 0 Å². The van der Waals surface area contributed by atoms with E-state index in [2.05, 4.69) is 465 Å². The minimum atomic E-state index is 0.181. The molecule has 18 aromatic rings. The molecule has 0 unspecified atom stereocenters. The Morgan fingerprint density at radius 1 is 0.215 bits per heavy atom. The van der Waals surface area contributed by atoms with Gasteiger partial charge < -0.3 is 24.5 Å². The average molecular weight is 1600 g/mol. The molecule has 0 aromatic heterocycles. The molecule has 0 atom stereocenters. The first-order chi connectivity index (χ1) is 59.7. The summed E-state index contributed by atoms with van der Waals surface area (Å²) >= 11 is 5.70. The Kier molecular flexibility index (Phi) is 18.9. The molecule has 24 rings (SSSR count).